The number of nitrogens with one attached hydrogen (secondary N) is 1. The molecule has 0 aliphatic rings. The number of hydrogen-bond acceptors (Lipinski definition) is 1. The lowest BCUT2D eigenvalue weighted by molar-refractivity contribution is 0.689. The summed E-state index contributed by atoms with van der Waals surface area (Å²) in [6.45, 7) is 2.03. The second-order valence-corrected chi connectivity index (χ2v) is 6.91. The van der Waals surface area contributed by atoms with E-state index in [1.165, 1.54) is 0 Å². The molecule has 0 spiro atoms. The summed E-state index contributed by atoms with van der Waals surface area (Å²) in [4.78, 5) is 8.48. The van der Waals surface area contributed by atoms with Gasteiger partial charge in [-0.05, 0) is 23.6 Å². The Bertz CT molecular complexity index is 912. The Balaban J connectivity index is 2.12. The molecule has 0 aliphatic carbocycles. The molecule has 0 fully saturated rings. The van der Waals surface area contributed by atoms with Gasteiger partial charge in [-0.25, -0.2) is 4.98 Å². The fraction of sp³-hybridized carbons (Fsp3) is 0.125. The molecule has 27 heavy (non-hydrogen) atoms. The van der Waals surface area contributed by atoms with Gasteiger partial charge in [0.25, 0.3) is 0 Å². The number of halogens is 1. The average Bonchev–Trinajstić information content (AvgIpc) is 3.12. The molecule has 3 aromatic carbocycles. The average molecular weight is 373 g/mol. The number of rotatable bonds is 5. The molecule has 0 unspecified atom stereocenters. The van der Waals surface area contributed by atoms with Crippen molar-refractivity contribution >= 4 is 11.6 Å². The van der Waals surface area contributed by atoms with Crippen molar-refractivity contribution in [1.82, 2.24) is 9.97 Å². The first-order valence-electron chi connectivity index (χ1n) is 9.05. The first kappa shape index (κ1) is 17.6. The number of aryl methyl sites for hydroxylation is 1. The van der Waals surface area contributed by atoms with Crippen molar-refractivity contribution in [3.05, 3.63) is 125 Å². The predicted octanol–water partition coefficient (Wildman–Crippen LogP) is 5.84. The van der Waals surface area contributed by atoms with Gasteiger partial charge < -0.3 is 4.98 Å². The van der Waals surface area contributed by atoms with Crippen molar-refractivity contribution in [1.29, 1.82) is 0 Å². The molecule has 4 aromatic rings. The monoisotopic (exact) mass is 372 g/mol. The van der Waals surface area contributed by atoms with E-state index < -0.39 is 5.41 Å². The smallest absolute Gasteiger partial charge is 0.126 e. The van der Waals surface area contributed by atoms with Gasteiger partial charge in [-0.2, -0.15) is 0 Å². The van der Waals surface area contributed by atoms with Gasteiger partial charge in [0.05, 0.1) is 11.6 Å². The van der Waals surface area contributed by atoms with Crippen LogP contribution in [0.1, 0.15) is 33.9 Å². The first-order valence-corrected chi connectivity index (χ1v) is 9.58. The first-order chi connectivity index (χ1) is 13.3. The molecule has 2 nitrogen and oxygen atoms in total. The third-order valence-corrected chi connectivity index (χ3v) is 5.34. The van der Waals surface area contributed by atoms with Crippen molar-refractivity contribution in [3.8, 4) is 0 Å². The molecular formula is C24H21ClN2. The molecule has 1 N–H and O–H groups in total. The second kappa shape index (κ2) is 7.42. The minimum atomic E-state index is -0.543. The highest BCUT2D eigenvalue weighted by Gasteiger charge is 2.41. The van der Waals surface area contributed by atoms with Crippen LogP contribution in [0, 0.1) is 6.92 Å². The summed E-state index contributed by atoms with van der Waals surface area (Å²) in [6, 6.07) is 31.6. The quantitative estimate of drug-likeness (QED) is 0.346. The van der Waals surface area contributed by atoms with Crippen molar-refractivity contribution in [3.63, 3.8) is 0 Å². The number of alkyl halides is 1. The molecule has 0 saturated carbocycles. The highest BCUT2D eigenvalue weighted by molar-refractivity contribution is 6.17. The van der Waals surface area contributed by atoms with Crippen LogP contribution in [0.25, 0.3) is 0 Å². The van der Waals surface area contributed by atoms with E-state index in [-0.39, 0.29) is 0 Å². The maximum atomic E-state index is 6.15. The van der Waals surface area contributed by atoms with Gasteiger partial charge in [0.2, 0.25) is 0 Å². The normalized spacial score (nSPS) is 11.5. The number of H-pyrrole nitrogens is 1. The summed E-state index contributed by atoms with van der Waals surface area (Å²) in [5.41, 5.74) is 4.84. The lowest BCUT2D eigenvalue weighted by Gasteiger charge is -2.34. The van der Waals surface area contributed by atoms with Crippen molar-refractivity contribution in [2.24, 2.45) is 0 Å². The molecule has 1 heterocycles. The van der Waals surface area contributed by atoms with E-state index >= 15 is 0 Å². The molecule has 0 atom stereocenters. The summed E-state index contributed by atoms with van der Waals surface area (Å²) >= 11 is 6.15. The minimum Gasteiger partial charge on any atom is -0.344 e. The van der Waals surface area contributed by atoms with Gasteiger partial charge in [0.1, 0.15) is 11.2 Å². The van der Waals surface area contributed by atoms with Crippen LogP contribution in [0.2, 0.25) is 0 Å². The Morgan fingerprint density at radius 1 is 0.741 bits per heavy atom. The molecule has 0 radical (unpaired) electrons. The molecule has 1 aromatic heterocycles. The number of nitrogens with zero attached hydrogens (tertiary/aromatic N) is 1. The van der Waals surface area contributed by atoms with Crippen LogP contribution in [0.5, 0.6) is 0 Å². The third-order valence-electron chi connectivity index (χ3n) is 5.09. The number of hydrogen-bond donors (Lipinski definition) is 1. The van der Waals surface area contributed by atoms with E-state index in [9.17, 15) is 0 Å². The highest BCUT2D eigenvalue weighted by Crippen LogP contribution is 2.43. The summed E-state index contributed by atoms with van der Waals surface area (Å²) < 4.78 is 0. The van der Waals surface area contributed by atoms with Crippen LogP contribution < -0.4 is 0 Å². The van der Waals surface area contributed by atoms with Gasteiger partial charge in [0, 0.05) is 5.69 Å². The lowest BCUT2D eigenvalue weighted by Crippen LogP contribution is -2.32. The zero-order valence-corrected chi connectivity index (χ0v) is 15.9. The zero-order chi connectivity index (χ0) is 18.7. The van der Waals surface area contributed by atoms with Gasteiger partial charge in [-0.1, -0.05) is 91.0 Å². The van der Waals surface area contributed by atoms with E-state index in [0.29, 0.717) is 5.88 Å². The van der Waals surface area contributed by atoms with Gasteiger partial charge >= 0.3 is 0 Å². The predicted molar refractivity (Wildman–Crippen MR) is 111 cm³/mol. The Hall–Kier alpha value is -2.84. The highest BCUT2D eigenvalue weighted by atomic mass is 35.5. The Morgan fingerprint density at radius 2 is 1.15 bits per heavy atom. The molecule has 0 saturated heterocycles. The Kier molecular flexibility index (Phi) is 4.83. The van der Waals surface area contributed by atoms with Crippen molar-refractivity contribution in [2.75, 3.05) is 0 Å². The van der Waals surface area contributed by atoms with E-state index in [0.717, 1.165) is 33.9 Å². The number of aromatic nitrogens is 2. The van der Waals surface area contributed by atoms with Crippen LogP contribution in [-0.4, -0.2) is 9.97 Å². The van der Waals surface area contributed by atoms with Crippen LogP contribution >= 0.6 is 11.6 Å². The molecule has 0 amide bonds. The maximum absolute atomic E-state index is 6.15. The summed E-state index contributed by atoms with van der Waals surface area (Å²) in [6.07, 6.45) is 0. The van der Waals surface area contributed by atoms with Crippen LogP contribution in [0.15, 0.2) is 91.0 Å². The number of imidazole rings is 1. The standard InChI is InChI=1S/C24H21ClN2/c1-18-22(17-25)27-23(26-18)24(19-11-5-2-6-12-19,20-13-7-3-8-14-20)21-15-9-4-10-16-21/h2-16H,17H2,1H3,(H,26,27). The van der Waals surface area contributed by atoms with Gasteiger partial charge in [0.15, 0.2) is 0 Å². The van der Waals surface area contributed by atoms with Crippen LogP contribution in [-0.2, 0) is 11.3 Å². The van der Waals surface area contributed by atoms with E-state index in [1.807, 2.05) is 25.1 Å². The third kappa shape index (κ3) is 2.96. The maximum Gasteiger partial charge on any atom is 0.126 e. The fourth-order valence-corrected chi connectivity index (χ4v) is 4.04. The second-order valence-electron chi connectivity index (χ2n) is 6.64. The lowest BCUT2D eigenvalue weighted by atomic mass is 9.69. The Labute approximate surface area is 164 Å². The van der Waals surface area contributed by atoms with Crippen molar-refractivity contribution < 1.29 is 0 Å². The molecule has 134 valence electrons. The Morgan fingerprint density at radius 3 is 1.48 bits per heavy atom. The molecule has 0 bridgehead atoms. The largest absolute Gasteiger partial charge is 0.344 e. The molecule has 0 aliphatic heterocycles. The summed E-state index contributed by atoms with van der Waals surface area (Å²) in [5, 5.41) is 0. The SMILES string of the molecule is Cc1[nH]c(C(c2ccccc2)(c2ccccc2)c2ccccc2)nc1CCl. The van der Waals surface area contributed by atoms with Gasteiger partial charge in [-0.15, -0.1) is 11.6 Å². The number of benzene rings is 3. The van der Waals surface area contributed by atoms with E-state index in [2.05, 4.69) is 77.8 Å². The molecule has 4 rings (SSSR count). The van der Waals surface area contributed by atoms with E-state index in [1.54, 1.807) is 0 Å². The summed E-state index contributed by atoms with van der Waals surface area (Å²) in [5.74, 6) is 1.27. The van der Waals surface area contributed by atoms with Crippen LogP contribution in [0.3, 0.4) is 0 Å². The topological polar surface area (TPSA) is 28.7 Å². The van der Waals surface area contributed by atoms with Crippen LogP contribution in [0.4, 0.5) is 0 Å². The number of aromatic amines is 1. The fourth-order valence-electron chi connectivity index (χ4n) is 3.78. The summed E-state index contributed by atoms with van der Waals surface area (Å²) in [7, 11) is 0. The van der Waals surface area contributed by atoms with Crippen molar-refractivity contribution in [2.45, 2.75) is 18.2 Å². The molecule has 3 heteroatoms. The minimum absolute atomic E-state index is 0.386. The molecular weight excluding hydrogens is 352 g/mol. The van der Waals surface area contributed by atoms with Gasteiger partial charge in [-0.3, -0.25) is 0 Å². The van der Waals surface area contributed by atoms with E-state index in [4.69, 9.17) is 16.6 Å². The zero-order valence-electron chi connectivity index (χ0n) is 15.2.